The summed E-state index contributed by atoms with van der Waals surface area (Å²) in [6.45, 7) is 4.26. The molecule has 0 aromatic carbocycles. The first-order valence-electron chi connectivity index (χ1n) is 10.6. The van der Waals surface area contributed by atoms with Gasteiger partial charge in [0.15, 0.2) is 11.4 Å². The van der Waals surface area contributed by atoms with Crippen molar-refractivity contribution in [3.63, 3.8) is 0 Å². The number of thiophene rings is 1. The van der Waals surface area contributed by atoms with Crippen LogP contribution in [-0.2, 0) is 17.6 Å². The Bertz CT molecular complexity index is 1310. The van der Waals surface area contributed by atoms with Crippen LogP contribution in [0, 0.1) is 5.92 Å². The fourth-order valence-electron chi connectivity index (χ4n) is 4.09. The molecule has 0 aliphatic heterocycles. The van der Waals surface area contributed by atoms with Gasteiger partial charge in [0.05, 0.1) is 24.6 Å². The van der Waals surface area contributed by atoms with Crippen LogP contribution in [0.2, 0.25) is 0 Å². The van der Waals surface area contributed by atoms with Crippen LogP contribution in [0.15, 0.2) is 41.3 Å². The maximum absolute atomic E-state index is 13.2. The van der Waals surface area contributed by atoms with Gasteiger partial charge in [0.25, 0.3) is 5.91 Å². The molecular formula is C23H22N4O4S. The van der Waals surface area contributed by atoms with E-state index < -0.39 is 5.97 Å². The Morgan fingerprint density at radius 2 is 2.25 bits per heavy atom. The van der Waals surface area contributed by atoms with E-state index in [1.54, 1.807) is 36.0 Å². The Labute approximate surface area is 188 Å². The van der Waals surface area contributed by atoms with Crippen LogP contribution in [0.5, 0.6) is 0 Å². The number of aromatic nitrogens is 3. The number of nitrogens with zero attached hydrogens (tertiary/aromatic N) is 3. The highest BCUT2D eigenvalue weighted by atomic mass is 32.1. The van der Waals surface area contributed by atoms with Gasteiger partial charge in [-0.3, -0.25) is 4.79 Å². The summed E-state index contributed by atoms with van der Waals surface area (Å²) in [6, 6.07) is 5.38. The first kappa shape index (κ1) is 20.4. The number of hydrogen-bond acceptors (Lipinski definition) is 7. The second kappa shape index (κ2) is 8.23. The van der Waals surface area contributed by atoms with E-state index in [0.717, 1.165) is 29.7 Å². The highest BCUT2D eigenvalue weighted by Gasteiger charge is 2.30. The molecule has 164 valence electrons. The average molecular weight is 451 g/mol. The van der Waals surface area contributed by atoms with Gasteiger partial charge in [-0.2, -0.15) is 5.10 Å². The summed E-state index contributed by atoms with van der Waals surface area (Å²) in [5.41, 5.74) is 2.89. The lowest BCUT2D eigenvalue weighted by Gasteiger charge is -2.18. The third-order valence-corrected chi connectivity index (χ3v) is 6.81. The fourth-order valence-corrected chi connectivity index (χ4v) is 5.48. The summed E-state index contributed by atoms with van der Waals surface area (Å²) in [7, 11) is 0. The van der Waals surface area contributed by atoms with Crippen molar-refractivity contribution in [3.05, 3.63) is 58.4 Å². The summed E-state index contributed by atoms with van der Waals surface area (Å²) in [4.78, 5) is 31.4. The van der Waals surface area contributed by atoms with Crippen molar-refractivity contribution in [3.8, 4) is 11.5 Å². The molecule has 1 N–H and O–H groups in total. The number of carbonyl (C=O) groups excluding carboxylic acids is 2. The smallest absolute Gasteiger partial charge is 0.341 e. The predicted octanol–water partition coefficient (Wildman–Crippen LogP) is 4.60. The van der Waals surface area contributed by atoms with Crippen molar-refractivity contribution >= 4 is 33.9 Å². The van der Waals surface area contributed by atoms with Crippen LogP contribution < -0.4 is 5.32 Å². The van der Waals surface area contributed by atoms with Gasteiger partial charge in [-0.1, -0.05) is 6.92 Å². The molecule has 1 aliphatic carbocycles. The van der Waals surface area contributed by atoms with Crippen LogP contribution in [0.1, 0.15) is 51.4 Å². The summed E-state index contributed by atoms with van der Waals surface area (Å²) in [5, 5.41) is 7.80. The molecule has 0 saturated carbocycles. The highest BCUT2D eigenvalue weighted by molar-refractivity contribution is 7.17. The number of hydrogen-bond donors (Lipinski definition) is 1. The number of fused-ring (bicyclic) bond motifs is 2. The molecule has 32 heavy (non-hydrogen) atoms. The lowest BCUT2D eigenvalue weighted by atomic mass is 9.88. The first-order valence-corrected chi connectivity index (χ1v) is 11.4. The van der Waals surface area contributed by atoms with Crippen molar-refractivity contribution in [2.45, 2.75) is 33.1 Å². The van der Waals surface area contributed by atoms with E-state index in [9.17, 15) is 9.59 Å². The Hall–Kier alpha value is -3.46. The third kappa shape index (κ3) is 3.48. The van der Waals surface area contributed by atoms with Gasteiger partial charge in [0.1, 0.15) is 16.3 Å². The van der Waals surface area contributed by atoms with Gasteiger partial charge in [0, 0.05) is 11.1 Å². The lowest BCUT2D eigenvalue weighted by Crippen LogP contribution is -2.16. The van der Waals surface area contributed by atoms with Gasteiger partial charge in [-0.05, 0) is 55.9 Å². The monoisotopic (exact) mass is 450 g/mol. The van der Waals surface area contributed by atoms with Crippen molar-refractivity contribution in [2.75, 3.05) is 11.9 Å². The molecule has 0 saturated heterocycles. The number of ether oxygens (including phenoxy) is 1. The van der Waals surface area contributed by atoms with Crippen molar-refractivity contribution in [1.29, 1.82) is 0 Å². The van der Waals surface area contributed by atoms with E-state index in [4.69, 9.17) is 9.15 Å². The SMILES string of the molecule is CCOC(=O)c1c(NC(=O)c2cnn3c(-c4ccco4)ccnc23)sc2c1CC[C@@H](C)C2. The molecule has 5 rings (SSSR count). The number of amides is 1. The van der Waals surface area contributed by atoms with E-state index in [0.29, 0.717) is 39.1 Å². The Morgan fingerprint density at radius 1 is 1.38 bits per heavy atom. The van der Waals surface area contributed by atoms with Crippen molar-refractivity contribution in [1.82, 2.24) is 14.6 Å². The Morgan fingerprint density at radius 3 is 3.03 bits per heavy atom. The Balaban J connectivity index is 1.51. The van der Waals surface area contributed by atoms with Crippen LogP contribution in [0.3, 0.4) is 0 Å². The minimum absolute atomic E-state index is 0.279. The number of carbonyl (C=O) groups is 2. The van der Waals surface area contributed by atoms with E-state index in [2.05, 4.69) is 22.3 Å². The van der Waals surface area contributed by atoms with E-state index in [1.807, 2.05) is 6.07 Å². The summed E-state index contributed by atoms with van der Waals surface area (Å²) >= 11 is 1.46. The zero-order chi connectivity index (χ0) is 22.2. The minimum atomic E-state index is -0.395. The van der Waals surface area contributed by atoms with E-state index in [-0.39, 0.29) is 12.5 Å². The highest BCUT2D eigenvalue weighted by Crippen LogP contribution is 2.40. The zero-order valence-corrected chi connectivity index (χ0v) is 18.6. The molecule has 0 bridgehead atoms. The second-order valence-corrected chi connectivity index (χ2v) is 8.94. The predicted molar refractivity (Wildman–Crippen MR) is 120 cm³/mol. The first-order chi connectivity index (χ1) is 15.6. The number of anilines is 1. The summed E-state index contributed by atoms with van der Waals surface area (Å²) in [6.07, 6.45) is 7.38. The molecule has 4 aromatic rings. The normalized spacial score (nSPS) is 15.5. The van der Waals surface area contributed by atoms with Gasteiger partial charge in [0.2, 0.25) is 0 Å². The topological polar surface area (TPSA) is 98.7 Å². The van der Waals surface area contributed by atoms with Crippen LogP contribution in [0.4, 0.5) is 5.00 Å². The maximum atomic E-state index is 13.2. The molecule has 1 amide bonds. The van der Waals surface area contributed by atoms with Crippen LogP contribution >= 0.6 is 11.3 Å². The molecular weight excluding hydrogens is 428 g/mol. The molecule has 0 unspecified atom stereocenters. The van der Waals surface area contributed by atoms with Crippen molar-refractivity contribution in [2.24, 2.45) is 5.92 Å². The van der Waals surface area contributed by atoms with Gasteiger partial charge < -0.3 is 14.5 Å². The number of esters is 1. The number of furan rings is 1. The fraction of sp³-hybridized carbons (Fsp3) is 0.304. The van der Waals surface area contributed by atoms with Crippen LogP contribution in [-0.4, -0.2) is 33.1 Å². The molecule has 1 atom stereocenters. The number of nitrogens with one attached hydrogen (secondary N) is 1. The molecule has 4 heterocycles. The molecule has 0 radical (unpaired) electrons. The quantitative estimate of drug-likeness (QED) is 0.446. The van der Waals surface area contributed by atoms with Gasteiger partial charge >= 0.3 is 5.97 Å². The van der Waals surface area contributed by atoms with E-state index in [1.165, 1.54) is 17.5 Å². The Kier molecular flexibility index (Phi) is 5.26. The van der Waals surface area contributed by atoms with Crippen LogP contribution in [0.25, 0.3) is 17.1 Å². The minimum Gasteiger partial charge on any atom is -0.463 e. The second-order valence-electron chi connectivity index (χ2n) is 7.83. The largest absolute Gasteiger partial charge is 0.463 e. The average Bonchev–Trinajstić information content (AvgIpc) is 3.51. The van der Waals surface area contributed by atoms with Crippen molar-refractivity contribution < 1.29 is 18.7 Å². The standard InChI is InChI=1S/C23H22N4O4S/c1-3-30-23(29)19-14-7-6-13(2)11-18(14)32-22(19)26-21(28)15-12-25-27-16(8-9-24-20(15)27)17-5-4-10-31-17/h4-5,8-10,12-13H,3,6-7,11H2,1-2H3,(H,26,28)/t13-/m1/s1. The molecule has 9 heteroatoms. The van der Waals surface area contributed by atoms with Gasteiger partial charge in [-0.15, -0.1) is 11.3 Å². The third-order valence-electron chi connectivity index (χ3n) is 5.64. The molecule has 0 spiro atoms. The summed E-state index contributed by atoms with van der Waals surface area (Å²) in [5.74, 6) is 0.398. The molecule has 1 aliphatic rings. The maximum Gasteiger partial charge on any atom is 0.341 e. The summed E-state index contributed by atoms with van der Waals surface area (Å²) < 4.78 is 12.3. The van der Waals surface area contributed by atoms with E-state index >= 15 is 0 Å². The van der Waals surface area contributed by atoms with Gasteiger partial charge in [-0.25, -0.2) is 14.3 Å². The number of rotatable bonds is 5. The lowest BCUT2D eigenvalue weighted by molar-refractivity contribution is 0.0526. The molecule has 8 nitrogen and oxygen atoms in total. The molecule has 4 aromatic heterocycles. The molecule has 0 fully saturated rings. The zero-order valence-electron chi connectivity index (χ0n) is 17.8.